The Morgan fingerprint density at radius 1 is 1.03 bits per heavy atom. The maximum Gasteiger partial charge on any atom is 0.366 e. The molecule has 2 atom stereocenters. The van der Waals surface area contributed by atoms with Gasteiger partial charge < -0.3 is 19.9 Å². The summed E-state index contributed by atoms with van der Waals surface area (Å²) >= 11 is 0. The second-order valence-corrected chi connectivity index (χ2v) is 8.83. The lowest BCUT2D eigenvalue weighted by atomic mass is 9.86. The summed E-state index contributed by atoms with van der Waals surface area (Å²) in [5.41, 5.74) is 1.87. The molecular formula is C27H31F2N2O5+. The summed E-state index contributed by atoms with van der Waals surface area (Å²) in [6, 6.07) is 10.5. The quantitative estimate of drug-likeness (QED) is 0.302. The Bertz CT molecular complexity index is 1200. The van der Waals surface area contributed by atoms with E-state index in [4.69, 9.17) is 9.47 Å². The summed E-state index contributed by atoms with van der Waals surface area (Å²) in [6.07, 6.45) is 0.657. The van der Waals surface area contributed by atoms with Gasteiger partial charge in [-0.1, -0.05) is 24.3 Å². The molecule has 192 valence electrons. The van der Waals surface area contributed by atoms with Gasteiger partial charge in [-0.3, -0.25) is 10.0 Å². The number of halogens is 2. The van der Waals surface area contributed by atoms with Crippen LogP contribution in [0.1, 0.15) is 52.5 Å². The minimum atomic E-state index is -0.740. The van der Waals surface area contributed by atoms with Crippen molar-refractivity contribution in [3.05, 3.63) is 88.2 Å². The van der Waals surface area contributed by atoms with Crippen LogP contribution < -0.4 is 14.8 Å². The largest absolute Gasteiger partial charge is 0.499 e. The zero-order valence-electron chi connectivity index (χ0n) is 20.9. The van der Waals surface area contributed by atoms with Crippen LogP contribution >= 0.6 is 0 Å². The van der Waals surface area contributed by atoms with Crippen LogP contribution in [0, 0.1) is 25.5 Å². The van der Waals surface area contributed by atoms with Crippen molar-refractivity contribution in [2.24, 2.45) is 0 Å². The molecule has 0 saturated carbocycles. The minimum Gasteiger partial charge on any atom is -0.499 e. The van der Waals surface area contributed by atoms with Gasteiger partial charge in [-0.25, -0.2) is 8.78 Å². The topological polar surface area (TPSA) is 91.9 Å². The third-order valence-electron chi connectivity index (χ3n) is 6.05. The van der Waals surface area contributed by atoms with Crippen LogP contribution in [0.4, 0.5) is 8.78 Å². The molecule has 0 aliphatic heterocycles. The van der Waals surface area contributed by atoms with Gasteiger partial charge in [0.25, 0.3) is 0 Å². The Morgan fingerprint density at radius 2 is 1.58 bits per heavy atom. The van der Waals surface area contributed by atoms with Gasteiger partial charge in [0, 0.05) is 16.7 Å². The molecule has 0 saturated heterocycles. The van der Waals surface area contributed by atoms with Crippen molar-refractivity contribution in [2.75, 3.05) is 13.7 Å². The van der Waals surface area contributed by atoms with Gasteiger partial charge in [-0.05, 0) is 62.1 Å². The first-order valence-corrected chi connectivity index (χ1v) is 11.5. The number of aromatic nitrogens is 1. The van der Waals surface area contributed by atoms with E-state index in [-0.39, 0.29) is 24.0 Å². The minimum absolute atomic E-state index is 0.0291. The first-order valence-electron chi connectivity index (χ1n) is 11.5. The first kappa shape index (κ1) is 26.9. The molecule has 1 heterocycles. The van der Waals surface area contributed by atoms with Crippen molar-refractivity contribution in [2.45, 2.75) is 45.8 Å². The highest BCUT2D eigenvalue weighted by Gasteiger charge is 2.30. The van der Waals surface area contributed by atoms with E-state index in [0.29, 0.717) is 27.0 Å². The number of nitrogens with zero attached hydrogens (tertiary/aromatic N) is 1. The summed E-state index contributed by atoms with van der Waals surface area (Å²) in [5.74, 6) is -2.43. The van der Waals surface area contributed by atoms with E-state index >= 15 is 0 Å². The van der Waals surface area contributed by atoms with Crippen LogP contribution in [0.15, 0.2) is 48.7 Å². The van der Waals surface area contributed by atoms with E-state index in [2.05, 4.69) is 5.32 Å². The number of methoxy groups -OCH3 is 1. The molecule has 3 rings (SSSR count). The summed E-state index contributed by atoms with van der Waals surface area (Å²) in [4.78, 5) is 12.7. The molecule has 9 heteroatoms. The standard InChI is InChI=1S/C27H30F2N2O5/c1-15-6-8-19(12-21(15)28)24(20-9-7-16(2)22(29)13-20)18(4)36-14-17(3)30-27(33)25-26(32)23(35-5)10-11-31(25)34/h6-13,17-18,24H,14H2,1-5H3,(H2-,30,32,33,34)/p+1/t17-,18-/m0/s1. The molecule has 0 unspecified atom stereocenters. The SMILES string of the molecule is COc1cc[n+](O)c(C(=O)N[C@@H](C)CO[C@@H](C)C(c2ccc(C)c(F)c2)c2ccc(C)c(F)c2)c1O. The van der Waals surface area contributed by atoms with Crippen molar-refractivity contribution in [3.63, 3.8) is 0 Å². The third-order valence-corrected chi connectivity index (χ3v) is 6.05. The average Bonchev–Trinajstić information content (AvgIpc) is 2.82. The van der Waals surface area contributed by atoms with Crippen molar-refractivity contribution < 1.29 is 38.1 Å². The molecule has 36 heavy (non-hydrogen) atoms. The molecule has 0 spiro atoms. The van der Waals surface area contributed by atoms with Crippen LogP contribution in [-0.4, -0.2) is 42.1 Å². The van der Waals surface area contributed by atoms with Gasteiger partial charge in [0.1, 0.15) is 11.6 Å². The van der Waals surface area contributed by atoms with Crippen LogP contribution in [0.3, 0.4) is 0 Å². The number of hydrogen-bond acceptors (Lipinski definition) is 5. The molecule has 3 N–H and O–H groups in total. The maximum atomic E-state index is 14.4. The van der Waals surface area contributed by atoms with Gasteiger partial charge in [0.05, 0.1) is 25.9 Å². The highest BCUT2D eigenvalue weighted by atomic mass is 19.1. The zero-order valence-corrected chi connectivity index (χ0v) is 20.9. The van der Waals surface area contributed by atoms with Gasteiger partial charge in [0.15, 0.2) is 5.75 Å². The molecule has 0 aliphatic carbocycles. The van der Waals surface area contributed by atoms with E-state index in [1.54, 1.807) is 52.0 Å². The number of hydrogen-bond donors (Lipinski definition) is 3. The molecular weight excluding hydrogens is 470 g/mol. The molecule has 0 bridgehead atoms. The number of amides is 1. The maximum absolute atomic E-state index is 14.4. The lowest BCUT2D eigenvalue weighted by molar-refractivity contribution is -0.906. The molecule has 7 nitrogen and oxygen atoms in total. The van der Waals surface area contributed by atoms with Crippen LogP contribution in [0.25, 0.3) is 0 Å². The number of rotatable bonds is 9. The second kappa shape index (κ2) is 11.3. The Kier molecular flexibility index (Phi) is 8.47. The van der Waals surface area contributed by atoms with Crippen molar-refractivity contribution in [1.82, 2.24) is 5.32 Å². The van der Waals surface area contributed by atoms with E-state index in [1.165, 1.54) is 31.5 Å². The summed E-state index contributed by atoms with van der Waals surface area (Å²) in [6.45, 7) is 6.88. The van der Waals surface area contributed by atoms with Crippen molar-refractivity contribution in [1.29, 1.82) is 0 Å². The van der Waals surface area contributed by atoms with Crippen molar-refractivity contribution >= 4 is 5.91 Å². The number of nitrogens with one attached hydrogen (secondary N) is 1. The monoisotopic (exact) mass is 501 g/mol. The van der Waals surface area contributed by atoms with Crippen molar-refractivity contribution in [3.8, 4) is 11.5 Å². The number of carbonyl (C=O) groups excluding carboxylic acids is 1. The number of ether oxygens (including phenoxy) is 2. The normalized spacial score (nSPS) is 12.9. The van der Waals surface area contributed by atoms with E-state index in [0.717, 1.165) is 0 Å². The van der Waals surface area contributed by atoms with E-state index < -0.39 is 35.4 Å². The molecule has 0 fully saturated rings. The van der Waals surface area contributed by atoms with Gasteiger partial charge in [-0.2, -0.15) is 0 Å². The smallest absolute Gasteiger partial charge is 0.366 e. The fraction of sp³-hybridized carbons (Fsp3) is 0.333. The molecule has 0 radical (unpaired) electrons. The Morgan fingerprint density at radius 3 is 2.08 bits per heavy atom. The number of pyridine rings is 1. The van der Waals surface area contributed by atoms with Crippen LogP contribution in [-0.2, 0) is 4.74 Å². The highest BCUT2D eigenvalue weighted by Crippen LogP contribution is 2.32. The van der Waals surface area contributed by atoms with Gasteiger partial charge >= 0.3 is 11.6 Å². The average molecular weight is 502 g/mol. The number of benzene rings is 2. The Labute approximate surface area is 208 Å². The number of aromatic hydroxyl groups is 1. The Hall–Kier alpha value is -3.72. The predicted molar refractivity (Wildman–Crippen MR) is 128 cm³/mol. The molecule has 3 aromatic rings. The zero-order chi connectivity index (χ0) is 26.6. The highest BCUT2D eigenvalue weighted by molar-refractivity contribution is 5.94. The van der Waals surface area contributed by atoms with E-state index in [1.807, 2.05) is 0 Å². The van der Waals surface area contributed by atoms with Gasteiger partial charge in [0.2, 0.25) is 11.9 Å². The lowest BCUT2D eigenvalue weighted by Gasteiger charge is -2.27. The Balaban J connectivity index is 1.78. The summed E-state index contributed by atoms with van der Waals surface area (Å²) in [7, 11) is 1.33. The van der Waals surface area contributed by atoms with E-state index in [9.17, 15) is 23.9 Å². The van der Waals surface area contributed by atoms with Crippen LogP contribution in [0.2, 0.25) is 0 Å². The number of aryl methyl sites for hydroxylation is 2. The fourth-order valence-electron chi connectivity index (χ4n) is 3.96. The molecule has 0 aliphatic rings. The number of carbonyl (C=O) groups is 1. The third kappa shape index (κ3) is 5.91. The lowest BCUT2D eigenvalue weighted by Crippen LogP contribution is -2.45. The second-order valence-electron chi connectivity index (χ2n) is 8.83. The molecule has 1 aromatic heterocycles. The predicted octanol–water partition coefficient (Wildman–Crippen LogP) is 4.18. The fourth-order valence-corrected chi connectivity index (χ4v) is 3.96. The first-order chi connectivity index (χ1) is 17.0. The van der Waals surface area contributed by atoms with Crippen LogP contribution in [0.5, 0.6) is 11.5 Å². The molecule has 1 amide bonds. The van der Waals surface area contributed by atoms with Gasteiger partial charge in [-0.15, -0.1) is 0 Å². The summed E-state index contributed by atoms with van der Waals surface area (Å²) in [5, 5.41) is 22.8. The molecule has 2 aromatic carbocycles. The summed E-state index contributed by atoms with van der Waals surface area (Å²) < 4.78 is 40.3.